The highest BCUT2D eigenvalue weighted by Crippen LogP contribution is 2.36. The zero-order chi connectivity index (χ0) is 28.5. The van der Waals surface area contributed by atoms with Gasteiger partial charge in [0.25, 0.3) is 0 Å². The average Bonchev–Trinajstić information content (AvgIpc) is 3.21. The third-order valence-electron chi connectivity index (χ3n) is 5.77. The van der Waals surface area contributed by atoms with Gasteiger partial charge >= 0.3 is 12.4 Å². The molecule has 1 aliphatic heterocycles. The first kappa shape index (κ1) is 28.9. The van der Waals surface area contributed by atoms with E-state index in [0.717, 1.165) is 12.1 Å². The van der Waals surface area contributed by atoms with Crippen LogP contribution in [-0.4, -0.2) is 57.1 Å². The summed E-state index contributed by atoms with van der Waals surface area (Å²) in [6.45, 7) is 0.142. The number of benzene rings is 2. The summed E-state index contributed by atoms with van der Waals surface area (Å²) in [5, 5.41) is 4.47. The van der Waals surface area contributed by atoms with Gasteiger partial charge in [0, 0.05) is 18.7 Å². The van der Waals surface area contributed by atoms with E-state index in [-0.39, 0.29) is 38.0 Å². The number of nitrogens with one attached hydrogen (secondary N) is 1. The average molecular weight is 580 g/mol. The van der Waals surface area contributed by atoms with Gasteiger partial charge in [0.15, 0.2) is 5.75 Å². The highest BCUT2D eigenvalue weighted by Gasteiger charge is 2.46. The largest absolute Gasteiger partial charge is 0.439 e. The Balaban J connectivity index is 1.62. The summed E-state index contributed by atoms with van der Waals surface area (Å²) in [5.41, 5.74) is -1.00. The van der Waals surface area contributed by atoms with Crippen LogP contribution in [0.1, 0.15) is 11.1 Å². The predicted octanol–water partition coefficient (Wildman–Crippen LogP) is 4.71. The maximum atomic E-state index is 12.9. The first-order valence-electron chi connectivity index (χ1n) is 11.4. The molecule has 1 fully saturated rings. The number of aromatic nitrogens is 2. The SMILES string of the molecule is COCCn1nc(-c2cccc(C3(NS(=O)(=O)CC(F)(F)F)COC3)c2)cc1Oc1ccc(C(F)(F)F)cc1. The van der Waals surface area contributed by atoms with Crippen molar-refractivity contribution in [2.75, 3.05) is 32.7 Å². The van der Waals surface area contributed by atoms with Gasteiger partial charge in [-0.3, -0.25) is 0 Å². The van der Waals surface area contributed by atoms with E-state index in [1.165, 1.54) is 30.0 Å². The molecule has 4 rings (SSSR count). The Morgan fingerprint density at radius 2 is 1.74 bits per heavy atom. The lowest BCUT2D eigenvalue weighted by Crippen LogP contribution is -2.60. The van der Waals surface area contributed by atoms with Crippen molar-refractivity contribution in [1.29, 1.82) is 0 Å². The van der Waals surface area contributed by atoms with Crippen LogP contribution in [0.4, 0.5) is 26.3 Å². The second kappa shape index (κ2) is 10.8. The molecule has 0 unspecified atom stereocenters. The minimum atomic E-state index is -4.92. The fourth-order valence-corrected chi connectivity index (χ4v) is 5.24. The van der Waals surface area contributed by atoms with E-state index < -0.39 is 39.2 Å². The van der Waals surface area contributed by atoms with Crippen molar-refractivity contribution in [3.05, 3.63) is 65.7 Å². The van der Waals surface area contributed by atoms with Gasteiger partial charge in [0.1, 0.15) is 11.3 Å². The summed E-state index contributed by atoms with van der Waals surface area (Å²) in [4.78, 5) is 0. The number of methoxy groups -OCH3 is 1. The fraction of sp³-hybridized carbons (Fsp3) is 0.375. The zero-order valence-corrected chi connectivity index (χ0v) is 21.2. The first-order chi connectivity index (χ1) is 18.2. The van der Waals surface area contributed by atoms with E-state index in [1.54, 1.807) is 24.3 Å². The molecule has 2 aromatic carbocycles. The van der Waals surface area contributed by atoms with Crippen molar-refractivity contribution in [1.82, 2.24) is 14.5 Å². The molecule has 1 aromatic heterocycles. The third-order valence-corrected chi connectivity index (χ3v) is 7.18. The lowest BCUT2D eigenvalue weighted by molar-refractivity contribution is -0.137. The van der Waals surface area contributed by atoms with Gasteiger partial charge in [-0.25, -0.2) is 13.1 Å². The minimum absolute atomic E-state index is 0.131. The molecule has 1 aliphatic rings. The van der Waals surface area contributed by atoms with Crippen molar-refractivity contribution >= 4 is 10.0 Å². The van der Waals surface area contributed by atoms with Crippen LogP contribution in [0.25, 0.3) is 11.3 Å². The molecule has 1 saturated heterocycles. The number of halogens is 6. The van der Waals surface area contributed by atoms with Crippen LogP contribution in [0.3, 0.4) is 0 Å². The van der Waals surface area contributed by atoms with Gasteiger partial charge < -0.3 is 14.2 Å². The Morgan fingerprint density at radius 3 is 2.31 bits per heavy atom. The van der Waals surface area contributed by atoms with E-state index in [4.69, 9.17) is 14.2 Å². The Bertz CT molecular complexity index is 1400. The van der Waals surface area contributed by atoms with Gasteiger partial charge in [-0.05, 0) is 35.9 Å². The third kappa shape index (κ3) is 7.09. The molecular weight excluding hydrogens is 556 g/mol. The van der Waals surface area contributed by atoms with Gasteiger partial charge in [-0.2, -0.15) is 36.2 Å². The molecule has 0 spiro atoms. The standard InChI is InChI=1S/C24H23F6N3O5S/c1-36-10-9-33-21(38-19-7-5-17(6-8-19)24(28,29)30)12-20(31-33)16-3-2-4-18(11-16)22(13-37-14-22)32-39(34,35)15-23(25,26)27/h2-8,11-12,32H,9-10,13-15H2,1H3. The van der Waals surface area contributed by atoms with Gasteiger partial charge in [-0.1, -0.05) is 18.2 Å². The molecule has 0 atom stereocenters. The molecule has 8 nitrogen and oxygen atoms in total. The number of hydrogen-bond donors (Lipinski definition) is 1. The number of hydrogen-bond acceptors (Lipinski definition) is 6. The molecular formula is C24H23F6N3O5S. The maximum Gasteiger partial charge on any atom is 0.416 e. The summed E-state index contributed by atoms with van der Waals surface area (Å²) in [6.07, 6.45) is -9.42. The molecule has 0 radical (unpaired) electrons. The number of sulfonamides is 1. The number of ether oxygens (including phenoxy) is 3. The second-order valence-electron chi connectivity index (χ2n) is 8.84. The van der Waals surface area contributed by atoms with Crippen LogP contribution >= 0.6 is 0 Å². The van der Waals surface area contributed by atoms with E-state index in [2.05, 4.69) is 9.82 Å². The molecule has 3 aromatic rings. The molecule has 212 valence electrons. The zero-order valence-electron chi connectivity index (χ0n) is 20.3. The van der Waals surface area contributed by atoms with E-state index in [1.807, 2.05) is 0 Å². The van der Waals surface area contributed by atoms with Crippen LogP contribution in [-0.2, 0) is 37.8 Å². The molecule has 2 heterocycles. The molecule has 0 aliphatic carbocycles. The maximum absolute atomic E-state index is 12.9. The van der Waals surface area contributed by atoms with Gasteiger partial charge in [0.05, 0.1) is 37.6 Å². The predicted molar refractivity (Wildman–Crippen MR) is 127 cm³/mol. The van der Waals surface area contributed by atoms with Crippen molar-refractivity contribution in [3.63, 3.8) is 0 Å². The van der Waals surface area contributed by atoms with Crippen molar-refractivity contribution in [2.24, 2.45) is 0 Å². The van der Waals surface area contributed by atoms with Crippen molar-refractivity contribution in [3.8, 4) is 22.9 Å². The van der Waals surface area contributed by atoms with Crippen LogP contribution in [0.2, 0.25) is 0 Å². The molecule has 15 heteroatoms. The van der Waals surface area contributed by atoms with Crippen molar-refractivity contribution < 1.29 is 49.0 Å². The van der Waals surface area contributed by atoms with Crippen LogP contribution < -0.4 is 9.46 Å². The minimum Gasteiger partial charge on any atom is -0.439 e. The van der Waals surface area contributed by atoms with Crippen LogP contribution in [0.5, 0.6) is 11.6 Å². The van der Waals surface area contributed by atoms with Crippen LogP contribution in [0, 0.1) is 0 Å². The highest BCUT2D eigenvalue weighted by molar-refractivity contribution is 7.89. The summed E-state index contributed by atoms with van der Waals surface area (Å²) in [6, 6.07) is 12.0. The van der Waals surface area contributed by atoms with Gasteiger partial charge in [-0.15, -0.1) is 0 Å². The fourth-order valence-electron chi connectivity index (χ4n) is 3.91. The molecule has 0 saturated carbocycles. The Labute approximate surface area is 219 Å². The van der Waals surface area contributed by atoms with Crippen LogP contribution in [0.15, 0.2) is 54.6 Å². The smallest absolute Gasteiger partial charge is 0.416 e. The molecule has 39 heavy (non-hydrogen) atoms. The molecule has 0 amide bonds. The second-order valence-corrected chi connectivity index (χ2v) is 10.6. The first-order valence-corrected chi connectivity index (χ1v) is 13.0. The van der Waals surface area contributed by atoms with E-state index >= 15 is 0 Å². The Kier molecular flexibility index (Phi) is 7.98. The normalized spacial score (nSPS) is 15.7. The number of nitrogens with zero attached hydrogens (tertiary/aromatic N) is 2. The molecule has 1 N–H and O–H groups in total. The monoisotopic (exact) mass is 579 g/mol. The van der Waals surface area contributed by atoms with Gasteiger partial charge in [0.2, 0.25) is 15.9 Å². The molecule has 0 bridgehead atoms. The number of rotatable bonds is 10. The topological polar surface area (TPSA) is 91.7 Å². The summed E-state index contributed by atoms with van der Waals surface area (Å²) < 4.78 is 121. The summed E-state index contributed by atoms with van der Waals surface area (Å²) in [7, 11) is -3.25. The summed E-state index contributed by atoms with van der Waals surface area (Å²) >= 11 is 0. The van der Waals surface area contributed by atoms with E-state index in [9.17, 15) is 34.8 Å². The highest BCUT2D eigenvalue weighted by atomic mass is 32.2. The Hall–Kier alpha value is -3.14. The van der Waals surface area contributed by atoms with Crippen molar-refractivity contribution in [2.45, 2.75) is 24.4 Å². The lowest BCUT2D eigenvalue weighted by atomic mass is 9.88. The Morgan fingerprint density at radius 1 is 1.05 bits per heavy atom. The number of alkyl halides is 6. The van der Waals surface area contributed by atoms with E-state index in [0.29, 0.717) is 16.8 Å². The summed E-state index contributed by atoms with van der Waals surface area (Å²) in [5.74, 6) is -1.71. The lowest BCUT2D eigenvalue weighted by Gasteiger charge is -2.42. The quantitative estimate of drug-likeness (QED) is 0.350.